The molecular weight excluding hydrogens is 416 g/mol. The van der Waals surface area contributed by atoms with Gasteiger partial charge in [-0.2, -0.15) is 0 Å². The number of hydrogen-bond donors (Lipinski definition) is 0. The fourth-order valence-electron chi connectivity index (χ4n) is 4.14. The molecule has 1 aliphatic rings. The number of ether oxygens (including phenoxy) is 1. The van der Waals surface area contributed by atoms with Crippen molar-refractivity contribution in [2.45, 2.75) is 19.0 Å². The van der Waals surface area contributed by atoms with Gasteiger partial charge in [-0.25, -0.2) is 14.5 Å². The Balaban J connectivity index is 1.58. The molecule has 0 fully saturated rings. The molecule has 1 atom stereocenters. The van der Waals surface area contributed by atoms with E-state index in [1.807, 2.05) is 84.9 Å². The second kappa shape index (κ2) is 8.70. The zero-order valence-corrected chi connectivity index (χ0v) is 18.1. The summed E-state index contributed by atoms with van der Waals surface area (Å²) >= 11 is 0. The monoisotopic (exact) mass is 438 g/mol. The maximum absolute atomic E-state index is 13.6. The summed E-state index contributed by atoms with van der Waals surface area (Å²) in [5, 5.41) is 4.57. The quantitative estimate of drug-likeness (QED) is 0.455. The van der Waals surface area contributed by atoms with Gasteiger partial charge in [-0.1, -0.05) is 72.8 Å². The van der Waals surface area contributed by atoms with Crippen molar-refractivity contribution in [2.24, 2.45) is 0 Å². The number of fused-ring (bicyclic) bond motifs is 1. The van der Waals surface area contributed by atoms with Gasteiger partial charge in [-0.3, -0.25) is 4.79 Å². The molecule has 164 valence electrons. The fourth-order valence-corrected chi connectivity index (χ4v) is 4.14. The first-order chi connectivity index (χ1) is 16.2. The molecule has 0 aliphatic carbocycles. The lowest BCUT2D eigenvalue weighted by Crippen LogP contribution is -2.49. The number of hydrogen-bond acceptors (Lipinski definition) is 5. The summed E-state index contributed by atoms with van der Waals surface area (Å²) in [6, 6.07) is 26.2. The first-order valence-corrected chi connectivity index (χ1v) is 10.7. The molecule has 0 N–H and O–H groups in total. The van der Waals surface area contributed by atoms with Crippen LogP contribution in [-0.2, 0) is 22.5 Å². The molecule has 1 aromatic heterocycles. The predicted molar refractivity (Wildman–Crippen MR) is 123 cm³/mol. The van der Waals surface area contributed by atoms with E-state index in [2.05, 4.69) is 10.1 Å². The number of esters is 1. The number of rotatable bonds is 4. The zero-order chi connectivity index (χ0) is 22.8. The number of aromatic nitrogens is 3. The van der Waals surface area contributed by atoms with Crippen LogP contribution in [0.25, 0.3) is 17.1 Å². The standard InChI is InChI=1S/C26H22N4O3/c1-33-26(32)22-16-19-12-8-9-13-20(19)17-29(22)25(31)23-27-24(18-10-4-2-5-11-18)30(28-23)21-14-6-3-7-15-21/h2-15,22H,16-17H2,1H3. The Morgan fingerprint density at radius 3 is 2.21 bits per heavy atom. The maximum atomic E-state index is 13.6. The molecule has 3 aromatic carbocycles. The summed E-state index contributed by atoms with van der Waals surface area (Å²) in [5.74, 6) is -0.279. The Hall–Kier alpha value is -4.26. The largest absolute Gasteiger partial charge is 0.467 e. The topological polar surface area (TPSA) is 77.3 Å². The van der Waals surface area contributed by atoms with Gasteiger partial charge in [0.2, 0.25) is 5.82 Å². The molecule has 0 spiro atoms. The van der Waals surface area contributed by atoms with Gasteiger partial charge in [-0.15, -0.1) is 5.10 Å². The molecule has 0 radical (unpaired) electrons. The molecule has 1 unspecified atom stereocenters. The normalized spacial score (nSPS) is 15.1. The lowest BCUT2D eigenvalue weighted by molar-refractivity contribution is -0.146. The van der Waals surface area contributed by atoms with Gasteiger partial charge in [0.05, 0.1) is 12.8 Å². The van der Waals surface area contributed by atoms with Gasteiger partial charge in [0, 0.05) is 18.5 Å². The number of nitrogens with zero attached hydrogens (tertiary/aromatic N) is 4. The van der Waals surface area contributed by atoms with Crippen LogP contribution >= 0.6 is 0 Å². The predicted octanol–water partition coefficient (Wildman–Crippen LogP) is 3.67. The lowest BCUT2D eigenvalue weighted by atomic mass is 9.94. The van der Waals surface area contributed by atoms with Crippen LogP contribution < -0.4 is 0 Å². The van der Waals surface area contributed by atoms with Crippen LogP contribution in [0.15, 0.2) is 84.9 Å². The van der Waals surface area contributed by atoms with Gasteiger partial charge in [-0.05, 0) is 23.3 Å². The summed E-state index contributed by atoms with van der Waals surface area (Å²) in [7, 11) is 1.33. The summed E-state index contributed by atoms with van der Waals surface area (Å²) in [6.07, 6.45) is 0.388. The molecule has 0 saturated heterocycles. The average molecular weight is 438 g/mol. The number of benzene rings is 3. The highest BCUT2D eigenvalue weighted by molar-refractivity contribution is 5.94. The van der Waals surface area contributed by atoms with Crippen molar-refractivity contribution in [3.8, 4) is 17.1 Å². The number of methoxy groups -OCH3 is 1. The van der Waals surface area contributed by atoms with Gasteiger partial charge in [0.1, 0.15) is 6.04 Å². The first kappa shape index (κ1) is 20.6. The van der Waals surface area contributed by atoms with E-state index in [1.54, 1.807) is 4.68 Å². The van der Waals surface area contributed by atoms with Crippen molar-refractivity contribution in [3.05, 3.63) is 102 Å². The summed E-state index contributed by atoms with van der Waals surface area (Å²) < 4.78 is 6.67. The number of carbonyl (C=O) groups excluding carboxylic acids is 2. The number of carbonyl (C=O) groups is 2. The molecule has 2 heterocycles. The van der Waals surface area contributed by atoms with Gasteiger partial charge < -0.3 is 9.64 Å². The van der Waals surface area contributed by atoms with E-state index in [9.17, 15) is 9.59 Å². The minimum atomic E-state index is -0.735. The molecule has 1 aliphatic heterocycles. The van der Waals surface area contributed by atoms with Crippen LogP contribution in [0.5, 0.6) is 0 Å². The Morgan fingerprint density at radius 2 is 1.52 bits per heavy atom. The molecular formula is C26H22N4O3. The average Bonchev–Trinajstić information content (AvgIpc) is 3.33. The van der Waals surface area contributed by atoms with E-state index in [0.717, 1.165) is 22.4 Å². The van der Waals surface area contributed by atoms with Crippen LogP contribution in [0.3, 0.4) is 0 Å². The molecule has 1 amide bonds. The highest BCUT2D eigenvalue weighted by atomic mass is 16.5. The van der Waals surface area contributed by atoms with E-state index in [-0.39, 0.29) is 12.4 Å². The van der Waals surface area contributed by atoms with Gasteiger partial charge in [0.15, 0.2) is 5.82 Å². The van der Waals surface area contributed by atoms with Crippen LogP contribution in [-0.4, -0.2) is 44.7 Å². The molecule has 0 saturated carbocycles. The van der Waals surface area contributed by atoms with Crippen LogP contribution in [0.2, 0.25) is 0 Å². The Labute approximate surface area is 191 Å². The molecule has 4 aromatic rings. The van der Waals surface area contributed by atoms with Crippen molar-refractivity contribution in [1.82, 2.24) is 19.7 Å². The van der Waals surface area contributed by atoms with Crippen molar-refractivity contribution in [2.75, 3.05) is 7.11 Å². The second-order valence-electron chi connectivity index (χ2n) is 7.82. The molecule has 7 nitrogen and oxygen atoms in total. The molecule has 33 heavy (non-hydrogen) atoms. The van der Waals surface area contributed by atoms with E-state index >= 15 is 0 Å². The number of amides is 1. The minimum Gasteiger partial charge on any atom is -0.467 e. The minimum absolute atomic E-state index is 0.0333. The van der Waals surface area contributed by atoms with Crippen molar-refractivity contribution in [1.29, 1.82) is 0 Å². The van der Waals surface area contributed by atoms with E-state index in [0.29, 0.717) is 12.2 Å². The Morgan fingerprint density at radius 1 is 0.879 bits per heavy atom. The van der Waals surface area contributed by atoms with E-state index < -0.39 is 17.9 Å². The zero-order valence-electron chi connectivity index (χ0n) is 18.1. The molecule has 7 heteroatoms. The number of para-hydroxylation sites is 1. The third-order valence-electron chi connectivity index (χ3n) is 5.81. The third kappa shape index (κ3) is 3.89. The van der Waals surface area contributed by atoms with Crippen molar-refractivity contribution in [3.63, 3.8) is 0 Å². The Kier molecular flexibility index (Phi) is 5.44. The van der Waals surface area contributed by atoms with Crippen molar-refractivity contribution >= 4 is 11.9 Å². The van der Waals surface area contributed by atoms with Crippen LogP contribution in [0, 0.1) is 0 Å². The highest BCUT2D eigenvalue weighted by Crippen LogP contribution is 2.27. The third-order valence-corrected chi connectivity index (χ3v) is 5.81. The fraction of sp³-hybridized carbons (Fsp3) is 0.154. The molecule has 5 rings (SSSR count). The lowest BCUT2D eigenvalue weighted by Gasteiger charge is -2.34. The van der Waals surface area contributed by atoms with E-state index in [4.69, 9.17) is 4.74 Å². The van der Waals surface area contributed by atoms with Gasteiger partial charge >= 0.3 is 5.97 Å². The Bertz CT molecular complexity index is 1240. The SMILES string of the molecule is COC(=O)C1Cc2ccccc2CN1C(=O)c1nc(-c2ccccc2)n(-c2ccccc2)n1. The highest BCUT2D eigenvalue weighted by Gasteiger charge is 2.37. The first-order valence-electron chi connectivity index (χ1n) is 10.7. The van der Waals surface area contributed by atoms with Crippen LogP contribution in [0.1, 0.15) is 21.7 Å². The summed E-state index contributed by atoms with van der Waals surface area (Å²) in [4.78, 5) is 32.3. The smallest absolute Gasteiger partial charge is 0.328 e. The van der Waals surface area contributed by atoms with Crippen LogP contribution in [0.4, 0.5) is 0 Å². The second-order valence-corrected chi connectivity index (χ2v) is 7.82. The van der Waals surface area contributed by atoms with Crippen molar-refractivity contribution < 1.29 is 14.3 Å². The molecule has 0 bridgehead atoms. The van der Waals surface area contributed by atoms with E-state index in [1.165, 1.54) is 12.0 Å². The van der Waals surface area contributed by atoms with Gasteiger partial charge in [0.25, 0.3) is 5.91 Å². The maximum Gasteiger partial charge on any atom is 0.328 e. The summed E-state index contributed by atoms with van der Waals surface area (Å²) in [6.45, 7) is 0.287. The summed E-state index contributed by atoms with van der Waals surface area (Å²) in [5.41, 5.74) is 3.65.